The van der Waals surface area contributed by atoms with Crippen molar-refractivity contribution in [3.05, 3.63) is 33.4 Å². The highest BCUT2D eigenvalue weighted by atomic mass is 32.2. The summed E-state index contributed by atoms with van der Waals surface area (Å²) in [6.07, 6.45) is -16.7. The SMILES string of the molecule is Cc1c(CSC2O[C@H](CO)[C@@H](O)[C@H](O)[C@H]2O)c(C)c(CSC2O[C@H](CO)[C@@H](O)[C@H](O)[C@H]2O)c(C)c1CSC1O[C@H](CO)[C@@H](O)[C@H](O)[C@H]1O. The van der Waals surface area contributed by atoms with Crippen LogP contribution in [0.2, 0.25) is 0 Å². The van der Waals surface area contributed by atoms with Gasteiger partial charge in [0.1, 0.15) is 89.6 Å². The van der Waals surface area contributed by atoms with Crippen LogP contribution in [0.5, 0.6) is 0 Å². The molecule has 18 heteroatoms. The summed E-state index contributed by atoms with van der Waals surface area (Å²) in [5, 5.41) is 122. The topological polar surface area (TPSA) is 270 Å². The van der Waals surface area contributed by atoms with E-state index >= 15 is 0 Å². The fourth-order valence-corrected chi connectivity index (χ4v) is 10.2. The van der Waals surface area contributed by atoms with Crippen molar-refractivity contribution in [2.75, 3.05) is 19.8 Å². The summed E-state index contributed by atoms with van der Waals surface area (Å²) in [4.78, 5) is 0. The zero-order chi connectivity index (χ0) is 35.6. The van der Waals surface area contributed by atoms with E-state index in [2.05, 4.69) is 0 Å². The lowest BCUT2D eigenvalue weighted by molar-refractivity contribution is -0.205. The summed E-state index contributed by atoms with van der Waals surface area (Å²) in [6, 6.07) is 0. The van der Waals surface area contributed by atoms with E-state index < -0.39 is 109 Å². The van der Waals surface area contributed by atoms with Gasteiger partial charge in [0.25, 0.3) is 0 Å². The Labute approximate surface area is 290 Å². The molecule has 0 aromatic heterocycles. The third-order valence-corrected chi connectivity index (χ3v) is 13.0. The molecule has 1 aromatic rings. The zero-order valence-electron chi connectivity index (χ0n) is 26.7. The maximum atomic E-state index is 10.6. The van der Waals surface area contributed by atoms with E-state index in [-0.39, 0.29) is 17.3 Å². The van der Waals surface area contributed by atoms with Crippen LogP contribution in [-0.4, -0.2) is 171 Å². The third-order valence-electron chi connectivity index (χ3n) is 9.44. The highest BCUT2D eigenvalue weighted by molar-refractivity contribution is 7.99. The molecule has 3 heterocycles. The molecule has 15 atom stereocenters. The smallest absolute Gasteiger partial charge is 0.132 e. The zero-order valence-corrected chi connectivity index (χ0v) is 29.2. The highest BCUT2D eigenvalue weighted by Crippen LogP contribution is 2.40. The van der Waals surface area contributed by atoms with Gasteiger partial charge in [0, 0.05) is 17.3 Å². The van der Waals surface area contributed by atoms with Crippen molar-refractivity contribution in [2.24, 2.45) is 0 Å². The van der Waals surface area contributed by atoms with Crippen LogP contribution >= 0.6 is 35.3 Å². The Morgan fingerprint density at radius 2 is 0.625 bits per heavy atom. The number of thioether (sulfide) groups is 3. The number of aliphatic hydroxyl groups is 12. The molecule has 0 saturated carbocycles. The molecule has 3 aliphatic rings. The van der Waals surface area contributed by atoms with Gasteiger partial charge in [-0.25, -0.2) is 0 Å². The second-order valence-electron chi connectivity index (χ2n) is 12.3. The molecule has 4 rings (SSSR count). The highest BCUT2D eigenvalue weighted by Gasteiger charge is 2.46. The van der Waals surface area contributed by atoms with Crippen molar-refractivity contribution in [3.63, 3.8) is 0 Å². The Bertz CT molecular complexity index is 1040. The average molecular weight is 745 g/mol. The maximum absolute atomic E-state index is 10.6. The molecular weight excluding hydrogens is 697 g/mol. The maximum Gasteiger partial charge on any atom is 0.132 e. The van der Waals surface area contributed by atoms with Crippen molar-refractivity contribution < 1.29 is 75.5 Å². The molecule has 276 valence electrons. The number of hydrogen-bond acceptors (Lipinski definition) is 18. The van der Waals surface area contributed by atoms with Gasteiger partial charge in [-0.2, -0.15) is 0 Å². The molecule has 0 bridgehead atoms. The Morgan fingerprint density at radius 1 is 0.396 bits per heavy atom. The van der Waals surface area contributed by atoms with Crippen molar-refractivity contribution >= 4 is 35.3 Å². The largest absolute Gasteiger partial charge is 0.394 e. The lowest BCUT2D eigenvalue weighted by Gasteiger charge is -2.40. The van der Waals surface area contributed by atoms with Gasteiger partial charge in [0.05, 0.1) is 19.8 Å². The summed E-state index contributed by atoms with van der Waals surface area (Å²) >= 11 is 3.48. The van der Waals surface area contributed by atoms with E-state index in [0.29, 0.717) is 0 Å². The van der Waals surface area contributed by atoms with Crippen LogP contribution < -0.4 is 0 Å². The van der Waals surface area contributed by atoms with Gasteiger partial charge < -0.3 is 75.5 Å². The molecule has 3 fully saturated rings. The van der Waals surface area contributed by atoms with Crippen molar-refractivity contribution in [1.82, 2.24) is 0 Å². The molecule has 3 aliphatic heterocycles. The summed E-state index contributed by atoms with van der Waals surface area (Å²) in [5.74, 6) is 0.780. The Hall–Kier alpha value is -0.330. The standard InChI is InChI=1S/C30H48O15S3/c1-10-13(7-46-28-25(40)22(37)19(34)16(4-31)43-28)11(2)15(9-48-30-27(42)24(39)21(36)18(6-33)45-30)12(3)14(10)8-47-29-26(41)23(38)20(35)17(5-32)44-29/h16-42H,4-9H2,1-3H3/t16-,17-,18-,19-,20-,21-,22+,23+,24+,25-,26-,27-,28?,29?,30?/m1/s1. The average Bonchev–Trinajstić information content (AvgIpc) is 3.07. The number of hydrogen-bond donors (Lipinski definition) is 12. The van der Waals surface area contributed by atoms with Crippen LogP contribution in [0.25, 0.3) is 0 Å². The van der Waals surface area contributed by atoms with Gasteiger partial charge >= 0.3 is 0 Å². The molecule has 0 spiro atoms. The van der Waals surface area contributed by atoms with Gasteiger partial charge in [0.15, 0.2) is 0 Å². The molecular formula is C30H48O15S3. The number of ether oxygens (including phenoxy) is 3. The third kappa shape index (κ3) is 8.32. The molecule has 48 heavy (non-hydrogen) atoms. The first kappa shape index (κ1) is 40.4. The normalized spacial score (nSPS) is 40.7. The van der Waals surface area contributed by atoms with Crippen LogP contribution in [0.3, 0.4) is 0 Å². The van der Waals surface area contributed by atoms with Crippen molar-refractivity contribution in [2.45, 2.75) is 128 Å². The lowest BCUT2D eigenvalue weighted by Crippen LogP contribution is -2.57. The Kier molecular flexibility index (Phi) is 14.7. The van der Waals surface area contributed by atoms with Crippen LogP contribution in [0.15, 0.2) is 0 Å². The monoisotopic (exact) mass is 744 g/mol. The van der Waals surface area contributed by atoms with E-state index in [1.807, 2.05) is 20.8 Å². The van der Waals surface area contributed by atoms with Crippen molar-refractivity contribution in [3.8, 4) is 0 Å². The minimum atomic E-state index is -1.54. The van der Waals surface area contributed by atoms with E-state index in [1.165, 1.54) is 0 Å². The van der Waals surface area contributed by atoms with Gasteiger partial charge in [-0.1, -0.05) is 0 Å². The lowest BCUT2D eigenvalue weighted by atomic mass is 9.90. The van der Waals surface area contributed by atoms with Crippen LogP contribution in [0.1, 0.15) is 33.4 Å². The van der Waals surface area contributed by atoms with E-state index in [0.717, 1.165) is 68.7 Å². The molecule has 0 amide bonds. The number of aliphatic hydroxyl groups excluding tert-OH is 12. The molecule has 15 nitrogen and oxygen atoms in total. The molecule has 3 saturated heterocycles. The minimum Gasteiger partial charge on any atom is -0.394 e. The van der Waals surface area contributed by atoms with Gasteiger partial charge in [-0.05, 0) is 54.2 Å². The Balaban J connectivity index is 1.63. The van der Waals surface area contributed by atoms with E-state index in [1.54, 1.807) is 0 Å². The van der Waals surface area contributed by atoms with Crippen LogP contribution in [0, 0.1) is 20.8 Å². The van der Waals surface area contributed by atoms with Crippen LogP contribution in [-0.2, 0) is 31.5 Å². The second-order valence-corrected chi connectivity index (χ2v) is 15.6. The van der Waals surface area contributed by atoms with Gasteiger partial charge in [-0.15, -0.1) is 35.3 Å². The molecule has 0 radical (unpaired) electrons. The molecule has 3 unspecified atom stereocenters. The molecule has 12 N–H and O–H groups in total. The summed E-state index contributed by atoms with van der Waals surface area (Å²) in [6.45, 7) is 3.97. The number of rotatable bonds is 12. The first-order valence-corrected chi connectivity index (χ1v) is 18.7. The van der Waals surface area contributed by atoms with Gasteiger partial charge in [0.2, 0.25) is 0 Å². The molecule has 0 aliphatic carbocycles. The van der Waals surface area contributed by atoms with E-state index in [9.17, 15) is 61.3 Å². The minimum absolute atomic E-state index is 0.260. The first-order valence-electron chi connectivity index (χ1n) is 15.5. The predicted molar refractivity (Wildman–Crippen MR) is 176 cm³/mol. The first-order chi connectivity index (χ1) is 22.7. The summed E-state index contributed by atoms with van der Waals surface area (Å²) < 4.78 is 17.1. The molecule has 1 aromatic carbocycles. The second kappa shape index (κ2) is 17.5. The quantitative estimate of drug-likeness (QED) is 0.100. The fourth-order valence-electron chi connectivity index (χ4n) is 6.15. The fraction of sp³-hybridized carbons (Fsp3) is 0.800. The van der Waals surface area contributed by atoms with Crippen molar-refractivity contribution in [1.29, 1.82) is 0 Å². The van der Waals surface area contributed by atoms with Gasteiger partial charge in [-0.3, -0.25) is 0 Å². The predicted octanol–water partition coefficient (Wildman–Crippen LogP) is -3.29. The summed E-state index contributed by atoms with van der Waals surface area (Å²) in [5.41, 5.74) is 2.07. The summed E-state index contributed by atoms with van der Waals surface area (Å²) in [7, 11) is 0. The number of benzene rings is 1. The Morgan fingerprint density at radius 3 is 0.833 bits per heavy atom. The van der Waals surface area contributed by atoms with E-state index in [4.69, 9.17) is 14.2 Å². The van der Waals surface area contributed by atoms with Crippen LogP contribution in [0.4, 0.5) is 0 Å².